The zero-order valence-corrected chi connectivity index (χ0v) is 9.20. The predicted molar refractivity (Wildman–Crippen MR) is 61.6 cm³/mol. The van der Waals surface area contributed by atoms with Gasteiger partial charge in [0.15, 0.2) is 0 Å². The van der Waals surface area contributed by atoms with Crippen LogP contribution in [0.3, 0.4) is 0 Å². The van der Waals surface area contributed by atoms with Gasteiger partial charge in [-0.15, -0.1) is 0 Å². The maximum absolute atomic E-state index is 12.5. The quantitative estimate of drug-likeness (QED) is 0.844. The highest BCUT2D eigenvalue weighted by molar-refractivity contribution is 5.88. The van der Waals surface area contributed by atoms with E-state index in [2.05, 4.69) is 0 Å². The molecule has 0 amide bonds. The Morgan fingerprint density at radius 3 is 2.50 bits per heavy atom. The zero-order chi connectivity index (χ0) is 13.3. The minimum atomic E-state index is -4.47. The lowest BCUT2D eigenvalue weighted by Crippen LogP contribution is -2.28. The van der Waals surface area contributed by atoms with Gasteiger partial charge in [-0.2, -0.15) is 18.4 Å². The molecule has 0 saturated carbocycles. The molecule has 1 atom stereocenters. The van der Waals surface area contributed by atoms with Crippen LogP contribution in [-0.4, -0.2) is 6.18 Å². The van der Waals surface area contributed by atoms with Crippen LogP contribution in [0, 0.1) is 11.3 Å². The van der Waals surface area contributed by atoms with E-state index in [1.165, 1.54) is 18.2 Å². The van der Waals surface area contributed by atoms with E-state index in [0.29, 0.717) is 16.3 Å². The highest BCUT2D eigenvalue weighted by atomic mass is 19.4. The number of hydrogen-bond donors (Lipinski definition) is 1. The van der Waals surface area contributed by atoms with Gasteiger partial charge >= 0.3 is 6.18 Å². The summed E-state index contributed by atoms with van der Waals surface area (Å²) < 4.78 is 37.5. The summed E-state index contributed by atoms with van der Waals surface area (Å²) in [5.41, 5.74) is 5.56. The van der Waals surface area contributed by atoms with Crippen LogP contribution in [0.1, 0.15) is 17.2 Å². The van der Waals surface area contributed by atoms with Gasteiger partial charge in [0.25, 0.3) is 0 Å². The first-order valence-corrected chi connectivity index (χ1v) is 5.18. The third-order valence-corrected chi connectivity index (χ3v) is 2.74. The molecule has 92 valence electrons. The highest BCUT2D eigenvalue weighted by Gasteiger charge is 2.37. The summed E-state index contributed by atoms with van der Waals surface area (Å²) in [6, 6.07) is 9.06. The second kappa shape index (κ2) is 4.31. The topological polar surface area (TPSA) is 49.8 Å². The number of halogens is 3. The molecular formula is C13H9F3N2. The fourth-order valence-electron chi connectivity index (χ4n) is 1.78. The Kier molecular flexibility index (Phi) is 2.97. The predicted octanol–water partition coefficient (Wildman–Crippen LogP) is 3.27. The molecule has 0 bridgehead atoms. The van der Waals surface area contributed by atoms with E-state index in [1.54, 1.807) is 18.2 Å². The molecular weight excluding hydrogens is 241 g/mol. The average molecular weight is 250 g/mol. The number of nitrogens with two attached hydrogens (primary N) is 1. The molecule has 2 rings (SSSR count). The molecule has 0 fully saturated rings. The van der Waals surface area contributed by atoms with Gasteiger partial charge in [-0.3, -0.25) is 0 Å². The van der Waals surface area contributed by atoms with Crippen molar-refractivity contribution in [3.05, 3.63) is 47.5 Å². The molecule has 2 aromatic rings. The first-order chi connectivity index (χ1) is 8.43. The smallest absolute Gasteiger partial charge is 0.316 e. The molecule has 0 aliphatic carbocycles. The van der Waals surface area contributed by atoms with Crippen molar-refractivity contribution in [2.45, 2.75) is 12.2 Å². The van der Waals surface area contributed by atoms with E-state index >= 15 is 0 Å². The van der Waals surface area contributed by atoms with E-state index in [1.807, 2.05) is 6.07 Å². The lowest BCUT2D eigenvalue weighted by atomic mass is 9.99. The normalized spacial score (nSPS) is 13.3. The average Bonchev–Trinajstić information content (AvgIpc) is 2.35. The SMILES string of the molecule is N#Cc1cccc2cc([C@H](N)C(F)(F)F)ccc12. The number of nitrogens with zero attached hydrogens (tertiary/aromatic N) is 1. The molecule has 0 spiro atoms. The van der Waals surface area contributed by atoms with Crippen molar-refractivity contribution in [1.29, 1.82) is 5.26 Å². The molecule has 2 nitrogen and oxygen atoms in total. The fourth-order valence-corrected chi connectivity index (χ4v) is 1.78. The summed E-state index contributed by atoms with van der Waals surface area (Å²) in [6.45, 7) is 0. The highest BCUT2D eigenvalue weighted by Crippen LogP contribution is 2.32. The first-order valence-electron chi connectivity index (χ1n) is 5.18. The van der Waals surface area contributed by atoms with Gasteiger partial charge < -0.3 is 5.73 Å². The second-order valence-corrected chi connectivity index (χ2v) is 3.92. The first kappa shape index (κ1) is 12.4. The number of nitriles is 1. The van der Waals surface area contributed by atoms with Crippen molar-refractivity contribution in [2.24, 2.45) is 5.73 Å². The van der Waals surface area contributed by atoms with Gasteiger partial charge in [-0.25, -0.2) is 0 Å². The summed E-state index contributed by atoms with van der Waals surface area (Å²) in [6.07, 6.45) is -4.47. The number of alkyl halides is 3. The Balaban J connectivity index is 2.56. The Morgan fingerprint density at radius 2 is 1.89 bits per heavy atom. The van der Waals surface area contributed by atoms with Crippen LogP contribution in [0.5, 0.6) is 0 Å². The third kappa shape index (κ3) is 2.15. The summed E-state index contributed by atoms with van der Waals surface area (Å²) in [7, 11) is 0. The molecule has 0 radical (unpaired) electrons. The van der Waals surface area contributed by atoms with Gasteiger partial charge in [0.2, 0.25) is 0 Å². The van der Waals surface area contributed by atoms with Crippen molar-refractivity contribution in [3.63, 3.8) is 0 Å². The van der Waals surface area contributed by atoms with Crippen LogP contribution in [0.4, 0.5) is 13.2 Å². The van der Waals surface area contributed by atoms with E-state index in [4.69, 9.17) is 11.0 Å². The fraction of sp³-hybridized carbons (Fsp3) is 0.154. The molecule has 2 N–H and O–H groups in total. The van der Waals surface area contributed by atoms with Crippen molar-refractivity contribution >= 4 is 10.8 Å². The van der Waals surface area contributed by atoms with E-state index in [0.717, 1.165) is 0 Å². The Bertz CT molecular complexity index is 626. The Labute approximate surface area is 101 Å². The van der Waals surface area contributed by atoms with Crippen LogP contribution in [0.2, 0.25) is 0 Å². The summed E-state index contributed by atoms with van der Waals surface area (Å²) in [4.78, 5) is 0. The van der Waals surface area contributed by atoms with E-state index in [-0.39, 0.29) is 5.56 Å². The Morgan fingerprint density at radius 1 is 1.17 bits per heavy atom. The van der Waals surface area contributed by atoms with Gasteiger partial charge in [0.05, 0.1) is 11.6 Å². The molecule has 0 aliphatic heterocycles. The van der Waals surface area contributed by atoms with Crippen LogP contribution < -0.4 is 5.73 Å². The lowest BCUT2D eigenvalue weighted by Gasteiger charge is -2.16. The number of fused-ring (bicyclic) bond motifs is 1. The van der Waals surface area contributed by atoms with Crippen LogP contribution in [0.25, 0.3) is 10.8 Å². The largest absolute Gasteiger partial charge is 0.407 e. The van der Waals surface area contributed by atoms with Crippen molar-refractivity contribution in [1.82, 2.24) is 0 Å². The van der Waals surface area contributed by atoms with Crippen molar-refractivity contribution < 1.29 is 13.2 Å². The molecule has 0 aliphatic rings. The molecule has 0 heterocycles. The number of benzene rings is 2. The van der Waals surface area contributed by atoms with Gasteiger partial charge in [-0.05, 0) is 28.5 Å². The van der Waals surface area contributed by atoms with E-state index in [9.17, 15) is 13.2 Å². The summed E-state index contributed by atoms with van der Waals surface area (Å²) in [5.74, 6) is 0. The summed E-state index contributed by atoms with van der Waals surface area (Å²) >= 11 is 0. The minimum absolute atomic E-state index is 0.00918. The lowest BCUT2D eigenvalue weighted by molar-refractivity contribution is -0.149. The molecule has 18 heavy (non-hydrogen) atoms. The standard InChI is InChI=1S/C13H9F3N2/c14-13(15,16)12(18)9-4-5-11-8(6-9)2-1-3-10(11)7-17/h1-6,12H,18H2/t12-/m0/s1. The maximum atomic E-state index is 12.5. The van der Waals surface area contributed by atoms with Crippen LogP contribution >= 0.6 is 0 Å². The van der Waals surface area contributed by atoms with Gasteiger partial charge in [0.1, 0.15) is 6.04 Å². The zero-order valence-electron chi connectivity index (χ0n) is 9.20. The minimum Gasteiger partial charge on any atom is -0.316 e. The molecule has 0 aromatic heterocycles. The van der Waals surface area contributed by atoms with Crippen LogP contribution in [-0.2, 0) is 0 Å². The summed E-state index contributed by atoms with van der Waals surface area (Å²) in [5, 5.41) is 10.1. The molecule has 0 unspecified atom stereocenters. The van der Waals surface area contributed by atoms with Gasteiger partial charge in [0, 0.05) is 0 Å². The molecule has 5 heteroatoms. The molecule has 2 aromatic carbocycles. The molecule has 0 saturated heterocycles. The van der Waals surface area contributed by atoms with Crippen LogP contribution in [0.15, 0.2) is 36.4 Å². The monoisotopic (exact) mass is 250 g/mol. The van der Waals surface area contributed by atoms with Gasteiger partial charge in [-0.1, -0.05) is 24.3 Å². The number of hydrogen-bond acceptors (Lipinski definition) is 2. The number of rotatable bonds is 1. The van der Waals surface area contributed by atoms with Crippen molar-refractivity contribution in [2.75, 3.05) is 0 Å². The Hall–Kier alpha value is -2.06. The third-order valence-electron chi connectivity index (χ3n) is 2.74. The maximum Gasteiger partial charge on any atom is 0.407 e. The van der Waals surface area contributed by atoms with E-state index < -0.39 is 12.2 Å². The second-order valence-electron chi connectivity index (χ2n) is 3.92. The van der Waals surface area contributed by atoms with Crippen molar-refractivity contribution in [3.8, 4) is 6.07 Å².